The van der Waals surface area contributed by atoms with E-state index in [0.29, 0.717) is 18.8 Å². The lowest BCUT2D eigenvalue weighted by atomic mass is 9.98. The van der Waals surface area contributed by atoms with Crippen LogP contribution in [0.25, 0.3) is 10.9 Å². The fraction of sp³-hybridized carbons (Fsp3) is 0.476. The first-order valence-corrected chi connectivity index (χ1v) is 9.82. The van der Waals surface area contributed by atoms with Crippen molar-refractivity contribution >= 4 is 34.4 Å². The summed E-state index contributed by atoms with van der Waals surface area (Å²) in [4.78, 5) is 41.9. The fourth-order valence-electron chi connectivity index (χ4n) is 3.72. The number of amides is 1. The number of H-pyrrole nitrogens is 1. The molecule has 2 aromatic rings. The Labute approximate surface area is 169 Å². The van der Waals surface area contributed by atoms with Gasteiger partial charge in [-0.2, -0.15) is 0 Å². The summed E-state index contributed by atoms with van der Waals surface area (Å²) in [5, 5.41) is 3.62. The number of anilines is 1. The maximum absolute atomic E-state index is 12.7. The molecule has 1 fully saturated rings. The molecule has 0 unspecified atom stereocenters. The van der Waals surface area contributed by atoms with Gasteiger partial charge in [0.15, 0.2) is 0 Å². The standard InChI is InChI=1S/C21H27N3O5/c1-4-29-20(26)14-6-5-9-24(11-14)12-17(25)23-18-15-10-13(2)7-8-16(15)22-19(18)21(27)28-3/h7-8,10,14,22H,4-6,9,11-12H2,1-3H3,(H,23,25)/t14-/m1/s1. The van der Waals surface area contributed by atoms with Crippen LogP contribution >= 0.6 is 0 Å². The highest BCUT2D eigenvalue weighted by molar-refractivity contribution is 6.11. The van der Waals surface area contributed by atoms with Gasteiger partial charge in [-0.25, -0.2) is 4.79 Å². The van der Waals surface area contributed by atoms with E-state index in [1.165, 1.54) is 7.11 Å². The highest BCUT2D eigenvalue weighted by Gasteiger charge is 2.28. The Morgan fingerprint density at radius 1 is 1.31 bits per heavy atom. The molecule has 0 bridgehead atoms. The van der Waals surface area contributed by atoms with Crippen LogP contribution in [0.2, 0.25) is 0 Å². The Morgan fingerprint density at radius 2 is 2.10 bits per heavy atom. The number of likely N-dealkylation sites (tertiary alicyclic amines) is 1. The van der Waals surface area contributed by atoms with Crippen LogP contribution in [0.4, 0.5) is 5.69 Å². The molecule has 2 N–H and O–H groups in total. The summed E-state index contributed by atoms with van der Waals surface area (Å²) in [6.45, 7) is 5.44. The first kappa shape index (κ1) is 20.9. The molecule has 1 atom stereocenters. The van der Waals surface area contributed by atoms with Gasteiger partial charge in [0, 0.05) is 17.4 Å². The van der Waals surface area contributed by atoms with Crippen molar-refractivity contribution in [2.75, 3.05) is 38.7 Å². The predicted octanol–water partition coefficient (Wildman–Crippen LogP) is 2.48. The van der Waals surface area contributed by atoms with Crippen LogP contribution in [0.5, 0.6) is 0 Å². The number of methoxy groups -OCH3 is 1. The molecule has 0 aliphatic carbocycles. The zero-order valence-corrected chi connectivity index (χ0v) is 17.0. The molecule has 8 heteroatoms. The van der Waals surface area contributed by atoms with E-state index in [4.69, 9.17) is 9.47 Å². The number of esters is 2. The number of benzene rings is 1. The number of hydrogen-bond donors (Lipinski definition) is 2. The molecule has 0 saturated carbocycles. The van der Waals surface area contributed by atoms with Crippen molar-refractivity contribution in [3.63, 3.8) is 0 Å². The zero-order valence-electron chi connectivity index (χ0n) is 17.0. The molecule has 3 rings (SSSR count). The number of aromatic nitrogens is 1. The molecule has 1 aromatic heterocycles. The number of piperidine rings is 1. The van der Waals surface area contributed by atoms with E-state index < -0.39 is 5.97 Å². The molecule has 1 aliphatic rings. The van der Waals surface area contributed by atoms with Crippen molar-refractivity contribution in [2.45, 2.75) is 26.7 Å². The molecule has 1 saturated heterocycles. The molecule has 1 amide bonds. The second-order valence-electron chi connectivity index (χ2n) is 7.29. The summed E-state index contributed by atoms with van der Waals surface area (Å²) < 4.78 is 9.96. The number of ether oxygens (including phenoxy) is 2. The summed E-state index contributed by atoms with van der Waals surface area (Å²) in [5.74, 6) is -1.22. The first-order chi connectivity index (χ1) is 13.9. The molecular weight excluding hydrogens is 374 g/mol. The second kappa shape index (κ2) is 9.09. The summed E-state index contributed by atoms with van der Waals surface area (Å²) in [6.07, 6.45) is 1.60. The van der Waals surface area contributed by atoms with Gasteiger partial charge in [-0.05, 0) is 45.4 Å². The van der Waals surface area contributed by atoms with Crippen molar-refractivity contribution in [1.29, 1.82) is 0 Å². The van der Waals surface area contributed by atoms with Crippen LogP contribution in [0.1, 0.15) is 35.8 Å². The Balaban J connectivity index is 1.75. The number of carbonyl (C=O) groups is 3. The van der Waals surface area contributed by atoms with Crippen LogP contribution in [0.15, 0.2) is 18.2 Å². The summed E-state index contributed by atoms with van der Waals surface area (Å²) in [7, 11) is 1.30. The average molecular weight is 401 g/mol. The van der Waals surface area contributed by atoms with Crippen LogP contribution in [0, 0.1) is 12.8 Å². The third kappa shape index (κ3) is 4.76. The van der Waals surface area contributed by atoms with Crippen LogP contribution in [-0.2, 0) is 19.1 Å². The van der Waals surface area contributed by atoms with E-state index in [1.807, 2.05) is 30.0 Å². The Morgan fingerprint density at radius 3 is 2.83 bits per heavy atom. The van der Waals surface area contributed by atoms with Gasteiger partial charge in [-0.1, -0.05) is 11.6 Å². The van der Waals surface area contributed by atoms with Gasteiger partial charge in [0.2, 0.25) is 5.91 Å². The molecule has 1 aromatic carbocycles. The van der Waals surface area contributed by atoms with Crippen LogP contribution in [-0.4, -0.2) is 61.1 Å². The normalized spacial score (nSPS) is 17.1. The Hall–Kier alpha value is -2.87. The van der Waals surface area contributed by atoms with Gasteiger partial charge in [-0.3, -0.25) is 14.5 Å². The molecule has 8 nitrogen and oxygen atoms in total. The number of nitrogens with zero attached hydrogens (tertiary/aromatic N) is 1. The number of fused-ring (bicyclic) bond motifs is 1. The molecule has 0 spiro atoms. The SMILES string of the molecule is CCOC(=O)[C@@H]1CCCN(CC(=O)Nc2c(C(=O)OC)[nH]c3ccc(C)cc23)C1. The Bertz CT molecular complexity index is 920. The molecule has 0 radical (unpaired) electrons. The van der Waals surface area contributed by atoms with E-state index in [-0.39, 0.29) is 30.0 Å². The monoisotopic (exact) mass is 401 g/mol. The highest BCUT2D eigenvalue weighted by atomic mass is 16.5. The van der Waals surface area contributed by atoms with E-state index in [2.05, 4.69) is 10.3 Å². The molecule has 156 valence electrons. The number of nitrogens with one attached hydrogen (secondary N) is 2. The number of rotatable bonds is 6. The van der Waals surface area contributed by atoms with Gasteiger partial charge in [0.25, 0.3) is 0 Å². The number of carbonyl (C=O) groups excluding carboxylic acids is 3. The maximum atomic E-state index is 12.7. The summed E-state index contributed by atoms with van der Waals surface area (Å²) in [5.41, 5.74) is 2.38. The molecule has 2 heterocycles. The average Bonchev–Trinajstić information content (AvgIpc) is 3.05. The number of aryl methyl sites for hydroxylation is 1. The minimum Gasteiger partial charge on any atom is -0.466 e. The van der Waals surface area contributed by atoms with E-state index in [1.54, 1.807) is 6.92 Å². The van der Waals surface area contributed by atoms with Crippen molar-refractivity contribution < 1.29 is 23.9 Å². The van der Waals surface area contributed by atoms with Gasteiger partial charge >= 0.3 is 11.9 Å². The van der Waals surface area contributed by atoms with Crippen molar-refractivity contribution in [2.24, 2.45) is 5.92 Å². The Kier molecular flexibility index (Phi) is 6.53. The van der Waals surface area contributed by atoms with Crippen molar-refractivity contribution in [3.05, 3.63) is 29.5 Å². The largest absolute Gasteiger partial charge is 0.466 e. The van der Waals surface area contributed by atoms with Crippen molar-refractivity contribution in [1.82, 2.24) is 9.88 Å². The summed E-state index contributed by atoms with van der Waals surface area (Å²) in [6, 6.07) is 5.70. The minimum absolute atomic E-state index is 0.134. The number of aromatic amines is 1. The topological polar surface area (TPSA) is 101 Å². The smallest absolute Gasteiger partial charge is 0.356 e. The lowest BCUT2D eigenvalue weighted by Crippen LogP contribution is -2.43. The lowest BCUT2D eigenvalue weighted by Gasteiger charge is -2.30. The molecule has 29 heavy (non-hydrogen) atoms. The van der Waals surface area contributed by atoms with Crippen LogP contribution in [0.3, 0.4) is 0 Å². The fourth-order valence-corrected chi connectivity index (χ4v) is 3.72. The van der Waals surface area contributed by atoms with Gasteiger partial charge in [-0.15, -0.1) is 0 Å². The van der Waals surface area contributed by atoms with Crippen molar-refractivity contribution in [3.8, 4) is 0 Å². The van der Waals surface area contributed by atoms with Gasteiger partial charge in [0.1, 0.15) is 5.69 Å². The van der Waals surface area contributed by atoms with Gasteiger partial charge in [0.05, 0.1) is 31.9 Å². The van der Waals surface area contributed by atoms with E-state index >= 15 is 0 Å². The first-order valence-electron chi connectivity index (χ1n) is 9.82. The predicted molar refractivity (Wildman–Crippen MR) is 109 cm³/mol. The van der Waals surface area contributed by atoms with E-state index in [0.717, 1.165) is 35.9 Å². The molecule has 1 aliphatic heterocycles. The zero-order chi connectivity index (χ0) is 21.0. The lowest BCUT2D eigenvalue weighted by molar-refractivity contribution is -0.150. The molecular formula is C21H27N3O5. The van der Waals surface area contributed by atoms with Gasteiger partial charge < -0.3 is 19.8 Å². The summed E-state index contributed by atoms with van der Waals surface area (Å²) >= 11 is 0. The number of hydrogen-bond acceptors (Lipinski definition) is 6. The minimum atomic E-state index is -0.547. The maximum Gasteiger partial charge on any atom is 0.356 e. The second-order valence-corrected chi connectivity index (χ2v) is 7.29. The van der Waals surface area contributed by atoms with E-state index in [9.17, 15) is 14.4 Å². The third-order valence-electron chi connectivity index (χ3n) is 5.10. The quantitative estimate of drug-likeness (QED) is 0.721. The highest BCUT2D eigenvalue weighted by Crippen LogP contribution is 2.29. The third-order valence-corrected chi connectivity index (χ3v) is 5.10. The van der Waals surface area contributed by atoms with Crippen LogP contribution < -0.4 is 5.32 Å².